The van der Waals surface area contributed by atoms with E-state index in [2.05, 4.69) is 13.8 Å². The van der Waals surface area contributed by atoms with E-state index < -0.39 is 9.84 Å². The van der Waals surface area contributed by atoms with Crippen molar-refractivity contribution in [2.75, 3.05) is 23.0 Å². The van der Waals surface area contributed by atoms with Gasteiger partial charge in [-0.3, -0.25) is 9.69 Å². The fraction of sp³-hybridized carbons (Fsp3) is 0.409. The number of sulfone groups is 1. The zero-order valence-corrected chi connectivity index (χ0v) is 17.1. The zero-order chi connectivity index (χ0) is 19.9. The molecule has 2 saturated heterocycles. The second-order valence-corrected chi connectivity index (χ2v) is 10.3. The summed E-state index contributed by atoms with van der Waals surface area (Å²) in [5, 5.41) is 0. The van der Waals surface area contributed by atoms with E-state index in [1.807, 2.05) is 59.5 Å². The summed E-state index contributed by atoms with van der Waals surface area (Å²) >= 11 is 0. The highest BCUT2D eigenvalue weighted by atomic mass is 32.2. The Morgan fingerprint density at radius 1 is 0.964 bits per heavy atom. The van der Waals surface area contributed by atoms with Gasteiger partial charge in [-0.2, -0.15) is 0 Å². The molecule has 4 rings (SSSR count). The molecule has 0 spiro atoms. The number of fused-ring (bicyclic) bond motifs is 1. The van der Waals surface area contributed by atoms with Gasteiger partial charge in [-0.1, -0.05) is 56.3 Å². The van der Waals surface area contributed by atoms with Crippen LogP contribution in [0.2, 0.25) is 0 Å². The number of carbonyl (C=O) groups is 1. The molecule has 2 fully saturated rings. The Hall–Kier alpha value is -2.18. The lowest BCUT2D eigenvalue weighted by molar-refractivity contribution is -0.123. The molecule has 148 valence electrons. The van der Waals surface area contributed by atoms with Gasteiger partial charge in [0.05, 0.1) is 24.1 Å². The molecular weight excluding hydrogens is 372 g/mol. The molecule has 2 aromatic carbocycles. The molecule has 6 heteroatoms. The van der Waals surface area contributed by atoms with Gasteiger partial charge in [-0.15, -0.1) is 0 Å². The van der Waals surface area contributed by atoms with Crippen LogP contribution in [0.4, 0.5) is 5.69 Å². The van der Waals surface area contributed by atoms with E-state index in [0.717, 1.165) is 11.3 Å². The second-order valence-electron chi connectivity index (χ2n) is 8.11. The quantitative estimate of drug-likeness (QED) is 0.795. The lowest BCUT2D eigenvalue weighted by Gasteiger charge is -2.43. The molecule has 2 heterocycles. The predicted octanol–water partition coefficient (Wildman–Crippen LogP) is 2.82. The highest BCUT2D eigenvalue weighted by Crippen LogP contribution is 2.33. The number of hydrogen-bond donors (Lipinski definition) is 0. The fourth-order valence-corrected chi connectivity index (χ4v) is 6.29. The van der Waals surface area contributed by atoms with E-state index in [1.165, 1.54) is 5.56 Å². The Morgan fingerprint density at radius 2 is 1.61 bits per heavy atom. The Kier molecular flexibility index (Phi) is 5.02. The fourth-order valence-electron chi connectivity index (χ4n) is 4.30. The molecule has 28 heavy (non-hydrogen) atoms. The van der Waals surface area contributed by atoms with Crippen molar-refractivity contribution in [1.82, 2.24) is 4.90 Å². The van der Waals surface area contributed by atoms with E-state index >= 15 is 0 Å². The van der Waals surface area contributed by atoms with Crippen LogP contribution in [0.1, 0.15) is 30.9 Å². The van der Waals surface area contributed by atoms with Crippen molar-refractivity contribution in [3.63, 3.8) is 0 Å². The molecular formula is C22H26N2O3S. The summed E-state index contributed by atoms with van der Waals surface area (Å²) in [4.78, 5) is 16.8. The Bertz CT molecular complexity index is 955. The van der Waals surface area contributed by atoms with Crippen LogP contribution in [0.3, 0.4) is 0 Å². The van der Waals surface area contributed by atoms with Gasteiger partial charge >= 0.3 is 0 Å². The largest absolute Gasteiger partial charge is 0.306 e. The summed E-state index contributed by atoms with van der Waals surface area (Å²) < 4.78 is 24.9. The first-order valence-corrected chi connectivity index (χ1v) is 11.6. The third kappa shape index (κ3) is 3.71. The first-order valence-electron chi connectivity index (χ1n) is 9.74. The minimum absolute atomic E-state index is 0.0284. The monoisotopic (exact) mass is 398 g/mol. The van der Waals surface area contributed by atoms with Crippen LogP contribution in [-0.4, -0.2) is 49.4 Å². The molecule has 2 unspecified atom stereocenters. The molecule has 2 aliphatic rings. The molecule has 0 N–H and O–H groups in total. The van der Waals surface area contributed by atoms with Crippen molar-refractivity contribution in [2.24, 2.45) is 0 Å². The summed E-state index contributed by atoms with van der Waals surface area (Å²) in [6, 6.07) is 17.4. The van der Waals surface area contributed by atoms with Crippen LogP contribution in [0.5, 0.6) is 0 Å². The molecule has 0 saturated carbocycles. The molecule has 2 atom stereocenters. The standard InChI is InChI=1S/C22H26N2O3S/c1-16(2)18-8-10-19(11-9-18)24-21-15-28(26,27)14-20(21)23(13-22(24)25)12-17-6-4-3-5-7-17/h3-11,16,20-21H,12-15H2,1-2H3. The molecule has 0 aromatic heterocycles. The number of anilines is 1. The smallest absolute Gasteiger partial charge is 0.241 e. The van der Waals surface area contributed by atoms with Gasteiger partial charge in [0, 0.05) is 18.3 Å². The van der Waals surface area contributed by atoms with Crippen molar-refractivity contribution >= 4 is 21.4 Å². The normalized spacial score (nSPS) is 24.5. The number of benzene rings is 2. The van der Waals surface area contributed by atoms with Crippen molar-refractivity contribution < 1.29 is 13.2 Å². The molecule has 0 aliphatic carbocycles. The van der Waals surface area contributed by atoms with E-state index in [0.29, 0.717) is 12.5 Å². The van der Waals surface area contributed by atoms with Gasteiger partial charge in [-0.25, -0.2) is 8.42 Å². The lowest BCUT2D eigenvalue weighted by atomic mass is 10.00. The van der Waals surface area contributed by atoms with E-state index in [1.54, 1.807) is 4.90 Å². The zero-order valence-electron chi connectivity index (χ0n) is 16.3. The van der Waals surface area contributed by atoms with Crippen LogP contribution >= 0.6 is 0 Å². The molecule has 0 radical (unpaired) electrons. The molecule has 1 amide bonds. The highest BCUT2D eigenvalue weighted by Gasteiger charge is 2.49. The number of hydrogen-bond acceptors (Lipinski definition) is 4. The maximum absolute atomic E-state index is 13.1. The summed E-state index contributed by atoms with van der Waals surface area (Å²) in [5.41, 5.74) is 3.09. The maximum atomic E-state index is 13.1. The Labute approximate surface area is 166 Å². The Balaban J connectivity index is 1.64. The molecule has 0 bridgehead atoms. The van der Waals surface area contributed by atoms with Gasteiger partial charge in [0.15, 0.2) is 9.84 Å². The summed E-state index contributed by atoms with van der Waals surface area (Å²) in [5.74, 6) is 0.512. The second kappa shape index (κ2) is 7.33. The first kappa shape index (κ1) is 19.2. The minimum atomic E-state index is -3.18. The van der Waals surface area contributed by atoms with E-state index in [-0.39, 0.29) is 36.0 Å². The van der Waals surface area contributed by atoms with Gasteiger partial charge in [-0.05, 0) is 29.2 Å². The summed E-state index contributed by atoms with van der Waals surface area (Å²) in [6.07, 6.45) is 0. The van der Waals surface area contributed by atoms with Crippen LogP contribution in [0, 0.1) is 0 Å². The van der Waals surface area contributed by atoms with E-state index in [4.69, 9.17) is 0 Å². The molecule has 2 aliphatic heterocycles. The van der Waals surface area contributed by atoms with Gasteiger partial charge in [0.25, 0.3) is 0 Å². The third-order valence-corrected chi connectivity index (χ3v) is 7.47. The van der Waals surface area contributed by atoms with Crippen molar-refractivity contribution in [3.8, 4) is 0 Å². The number of nitrogens with zero attached hydrogens (tertiary/aromatic N) is 2. The van der Waals surface area contributed by atoms with Crippen LogP contribution in [0.25, 0.3) is 0 Å². The minimum Gasteiger partial charge on any atom is -0.306 e. The van der Waals surface area contributed by atoms with Crippen molar-refractivity contribution in [1.29, 1.82) is 0 Å². The maximum Gasteiger partial charge on any atom is 0.241 e. The predicted molar refractivity (Wildman–Crippen MR) is 111 cm³/mol. The van der Waals surface area contributed by atoms with Crippen LogP contribution < -0.4 is 4.90 Å². The van der Waals surface area contributed by atoms with E-state index in [9.17, 15) is 13.2 Å². The number of rotatable bonds is 4. The molecule has 2 aromatic rings. The van der Waals surface area contributed by atoms with Crippen LogP contribution in [-0.2, 0) is 21.2 Å². The number of carbonyl (C=O) groups excluding carboxylic acids is 1. The average Bonchev–Trinajstić information content (AvgIpc) is 2.98. The van der Waals surface area contributed by atoms with Crippen molar-refractivity contribution in [2.45, 2.75) is 38.4 Å². The summed E-state index contributed by atoms with van der Waals surface area (Å²) in [7, 11) is -3.18. The molecule has 5 nitrogen and oxygen atoms in total. The third-order valence-electron chi connectivity index (χ3n) is 5.77. The Morgan fingerprint density at radius 3 is 2.25 bits per heavy atom. The number of amides is 1. The van der Waals surface area contributed by atoms with Crippen LogP contribution in [0.15, 0.2) is 54.6 Å². The van der Waals surface area contributed by atoms with Gasteiger partial charge in [0.2, 0.25) is 5.91 Å². The highest BCUT2D eigenvalue weighted by molar-refractivity contribution is 7.91. The lowest BCUT2D eigenvalue weighted by Crippen LogP contribution is -2.61. The number of piperazine rings is 1. The van der Waals surface area contributed by atoms with Gasteiger partial charge < -0.3 is 4.90 Å². The summed E-state index contributed by atoms with van der Waals surface area (Å²) in [6.45, 7) is 5.07. The van der Waals surface area contributed by atoms with Gasteiger partial charge in [0.1, 0.15) is 0 Å². The first-order chi connectivity index (χ1) is 13.3. The topological polar surface area (TPSA) is 57.7 Å². The van der Waals surface area contributed by atoms with Crippen molar-refractivity contribution in [3.05, 3.63) is 65.7 Å². The average molecular weight is 399 g/mol. The SMILES string of the molecule is CC(C)c1ccc(N2C(=O)CN(Cc3ccccc3)C3CS(=O)(=O)CC32)cc1.